The Labute approximate surface area is 121 Å². The van der Waals surface area contributed by atoms with Gasteiger partial charge in [0.1, 0.15) is 5.82 Å². The summed E-state index contributed by atoms with van der Waals surface area (Å²) in [4.78, 5) is 7.23. The Balaban J connectivity index is 1.74. The summed E-state index contributed by atoms with van der Waals surface area (Å²) in [6.45, 7) is 4.44. The molecule has 2 atom stereocenters. The Hall–Kier alpha value is -0.760. The number of halogens is 1. The molecule has 0 bridgehead atoms. The van der Waals surface area contributed by atoms with Crippen molar-refractivity contribution in [1.29, 1.82) is 0 Å². The lowest BCUT2D eigenvalue weighted by Gasteiger charge is -2.41. The van der Waals surface area contributed by atoms with Crippen molar-refractivity contribution in [2.24, 2.45) is 11.8 Å². The third kappa shape index (κ3) is 2.74. The average molecular weight is 279 g/mol. The van der Waals surface area contributed by atoms with Gasteiger partial charge in [0.15, 0.2) is 0 Å². The van der Waals surface area contributed by atoms with E-state index in [0.29, 0.717) is 5.88 Å². The molecule has 2 fully saturated rings. The fraction of sp³-hybridized carbons (Fsp3) is 0.688. The number of hydrogen-bond acceptors (Lipinski definition) is 2. The van der Waals surface area contributed by atoms with Crippen LogP contribution in [-0.2, 0) is 5.88 Å². The number of hydrogen-bond donors (Lipinski definition) is 0. The minimum Gasteiger partial charge on any atom is -0.356 e. The van der Waals surface area contributed by atoms with Gasteiger partial charge in [0.05, 0.1) is 0 Å². The third-order valence-corrected chi connectivity index (χ3v) is 5.23. The van der Waals surface area contributed by atoms with Crippen molar-refractivity contribution in [3.63, 3.8) is 0 Å². The molecular formula is C16H23ClN2. The van der Waals surface area contributed by atoms with Crippen molar-refractivity contribution in [2.45, 2.75) is 44.9 Å². The molecule has 104 valence electrons. The lowest BCUT2D eigenvalue weighted by Crippen LogP contribution is -2.42. The predicted octanol–water partition coefficient (Wildman–Crippen LogP) is 4.15. The number of nitrogens with zero attached hydrogens (tertiary/aromatic N) is 2. The van der Waals surface area contributed by atoms with Crippen LogP contribution in [0.1, 0.15) is 43.4 Å². The second-order valence-electron chi connectivity index (χ2n) is 6.09. The Kier molecular flexibility index (Phi) is 3.97. The van der Waals surface area contributed by atoms with E-state index < -0.39 is 0 Å². The first-order chi connectivity index (χ1) is 9.28. The minimum atomic E-state index is 0.559. The molecule has 2 aliphatic rings. The molecule has 0 radical (unpaired) electrons. The van der Waals surface area contributed by atoms with Crippen molar-refractivity contribution in [3.8, 4) is 0 Å². The van der Waals surface area contributed by atoms with Crippen molar-refractivity contribution in [1.82, 2.24) is 4.98 Å². The van der Waals surface area contributed by atoms with Gasteiger partial charge >= 0.3 is 0 Å². The summed E-state index contributed by atoms with van der Waals surface area (Å²) in [6, 6.07) is 4.28. The summed E-state index contributed by atoms with van der Waals surface area (Å²) in [5.41, 5.74) is 2.23. The van der Waals surface area contributed by atoms with Crippen molar-refractivity contribution < 1.29 is 0 Å². The largest absolute Gasteiger partial charge is 0.356 e. The minimum absolute atomic E-state index is 0.559. The van der Waals surface area contributed by atoms with Gasteiger partial charge in [-0.3, -0.25) is 0 Å². The summed E-state index contributed by atoms with van der Waals surface area (Å²) in [5.74, 6) is 3.59. The molecule has 0 aromatic carbocycles. The zero-order chi connectivity index (χ0) is 13.2. The van der Waals surface area contributed by atoms with Crippen molar-refractivity contribution >= 4 is 17.4 Å². The second-order valence-corrected chi connectivity index (χ2v) is 6.35. The van der Waals surface area contributed by atoms with Gasteiger partial charge in [0, 0.05) is 24.7 Å². The Morgan fingerprint density at radius 2 is 2.00 bits per heavy atom. The quantitative estimate of drug-likeness (QED) is 0.756. The number of aromatic nitrogens is 1. The van der Waals surface area contributed by atoms with Crippen LogP contribution in [0.5, 0.6) is 0 Å². The van der Waals surface area contributed by atoms with Crippen molar-refractivity contribution in [3.05, 3.63) is 23.4 Å². The number of piperidine rings is 1. The maximum Gasteiger partial charge on any atom is 0.128 e. The molecule has 19 heavy (non-hydrogen) atoms. The van der Waals surface area contributed by atoms with E-state index in [4.69, 9.17) is 16.6 Å². The van der Waals surface area contributed by atoms with Gasteiger partial charge in [0.25, 0.3) is 0 Å². The molecule has 2 nitrogen and oxygen atoms in total. The van der Waals surface area contributed by atoms with Crippen LogP contribution >= 0.6 is 11.6 Å². The summed E-state index contributed by atoms with van der Waals surface area (Å²) >= 11 is 5.91. The van der Waals surface area contributed by atoms with Gasteiger partial charge < -0.3 is 4.90 Å². The second kappa shape index (κ2) is 5.70. The Morgan fingerprint density at radius 1 is 1.21 bits per heavy atom. The molecule has 0 amide bonds. The zero-order valence-corrected chi connectivity index (χ0v) is 12.5. The van der Waals surface area contributed by atoms with Gasteiger partial charge in [-0.15, -0.1) is 11.6 Å². The molecule has 1 saturated carbocycles. The molecule has 1 aromatic rings. The van der Waals surface area contributed by atoms with E-state index in [2.05, 4.69) is 24.0 Å². The van der Waals surface area contributed by atoms with Gasteiger partial charge in [-0.05, 0) is 43.2 Å². The molecule has 1 aliphatic heterocycles. The van der Waals surface area contributed by atoms with E-state index in [0.717, 1.165) is 28.9 Å². The van der Waals surface area contributed by atoms with E-state index in [1.54, 1.807) is 0 Å². The van der Waals surface area contributed by atoms with Crippen LogP contribution in [0.15, 0.2) is 12.1 Å². The van der Waals surface area contributed by atoms with Crippen LogP contribution in [0.3, 0.4) is 0 Å². The van der Waals surface area contributed by atoms with Crippen LogP contribution in [0.25, 0.3) is 0 Å². The van der Waals surface area contributed by atoms with Gasteiger partial charge in [-0.25, -0.2) is 4.98 Å². The zero-order valence-electron chi connectivity index (χ0n) is 11.7. The van der Waals surface area contributed by atoms with E-state index in [1.807, 2.05) is 0 Å². The smallest absolute Gasteiger partial charge is 0.128 e. The number of fused-ring (bicyclic) bond motifs is 1. The van der Waals surface area contributed by atoms with Crippen LogP contribution in [-0.4, -0.2) is 18.1 Å². The SMILES string of the molecule is Cc1nc(N2CCC3CCCCC3C2)ccc1CCl. The molecule has 1 aliphatic carbocycles. The fourth-order valence-corrected chi connectivity index (χ4v) is 3.99. The highest BCUT2D eigenvalue weighted by molar-refractivity contribution is 6.17. The number of anilines is 1. The first-order valence-corrected chi connectivity index (χ1v) is 8.09. The molecule has 0 N–H and O–H groups in total. The highest BCUT2D eigenvalue weighted by atomic mass is 35.5. The first-order valence-electron chi connectivity index (χ1n) is 7.55. The monoisotopic (exact) mass is 278 g/mol. The van der Waals surface area contributed by atoms with Crippen LogP contribution in [0.2, 0.25) is 0 Å². The number of pyridine rings is 1. The van der Waals surface area contributed by atoms with Crippen LogP contribution in [0, 0.1) is 18.8 Å². The molecular weight excluding hydrogens is 256 g/mol. The first kappa shape index (κ1) is 13.2. The van der Waals surface area contributed by atoms with E-state index >= 15 is 0 Å². The van der Waals surface area contributed by atoms with E-state index in [1.165, 1.54) is 45.2 Å². The fourth-order valence-electron chi connectivity index (χ4n) is 3.70. The molecule has 0 spiro atoms. The number of alkyl halides is 1. The Bertz CT molecular complexity index is 446. The van der Waals surface area contributed by atoms with E-state index in [9.17, 15) is 0 Å². The van der Waals surface area contributed by atoms with Gasteiger partial charge in [0.2, 0.25) is 0 Å². The Morgan fingerprint density at radius 3 is 2.74 bits per heavy atom. The van der Waals surface area contributed by atoms with Crippen LogP contribution < -0.4 is 4.90 Å². The predicted molar refractivity (Wildman–Crippen MR) is 80.8 cm³/mol. The lowest BCUT2D eigenvalue weighted by atomic mass is 9.75. The maximum atomic E-state index is 5.91. The molecule has 3 heteroatoms. The molecule has 2 heterocycles. The molecule has 1 aromatic heterocycles. The standard InChI is InChI=1S/C16H23ClN2/c1-12-14(10-17)6-7-16(18-12)19-9-8-13-4-2-3-5-15(13)11-19/h6-7,13,15H,2-5,8-11H2,1H3. The number of aryl methyl sites for hydroxylation is 1. The van der Waals surface area contributed by atoms with Gasteiger partial charge in [-0.2, -0.15) is 0 Å². The molecule has 1 saturated heterocycles. The highest BCUT2D eigenvalue weighted by Gasteiger charge is 2.31. The molecule has 2 unspecified atom stereocenters. The normalized spacial score (nSPS) is 27.2. The van der Waals surface area contributed by atoms with Crippen molar-refractivity contribution in [2.75, 3.05) is 18.0 Å². The topological polar surface area (TPSA) is 16.1 Å². The summed E-state index contributed by atoms with van der Waals surface area (Å²) in [5, 5.41) is 0. The number of rotatable bonds is 2. The lowest BCUT2D eigenvalue weighted by molar-refractivity contribution is 0.202. The molecule has 3 rings (SSSR count). The van der Waals surface area contributed by atoms with Crippen LogP contribution in [0.4, 0.5) is 5.82 Å². The third-order valence-electron chi connectivity index (χ3n) is 4.94. The van der Waals surface area contributed by atoms with E-state index in [-0.39, 0.29) is 0 Å². The summed E-state index contributed by atoms with van der Waals surface area (Å²) < 4.78 is 0. The summed E-state index contributed by atoms with van der Waals surface area (Å²) in [6.07, 6.45) is 7.09. The van der Waals surface area contributed by atoms with Gasteiger partial charge in [-0.1, -0.05) is 25.3 Å². The maximum absolute atomic E-state index is 5.91. The average Bonchev–Trinajstić information content (AvgIpc) is 2.46. The highest BCUT2D eigenvalue weighted by Crippen LogP contribution is 2.37. The summed E-state index contributed by atoms with van der Waals surface area (Å²) in [7, 11) is 0.